The Labute approximate surface area is 108 Å². The van der Waals surface area contributed by atoms with Crippen molar-refractivity contribution in [1.82, 2.24) is 9.97 Å². The number of pyridine rings is 1. The van der Waals surface area contributed by atoms with E-state index in [1.165, 1.54) is 16.8 Å². The van der Waals surface area contributed by atoms with Gasteiger partial charge in [0.2, 0.25) is 6.41 Å². The number of fused-ring (bicyclic) bond motifs is 1. The fourth-order valence-electron chi connectivity index (χ4n) is 2.10. The molecule has 1 amide bonds. The minimum Gasteiger partial charge on any atom is -0.372 e. The van der Waals surface area contributed by atoms with Crippen molar-refractivity contribution in [2.75, 3.05) is 0 Å². The standard InChI is InChI=1S/C13H18N2.CH3NO/c1-8(2)11-10-6-5-7-14-13(10)15-12(11)9(3)4;2-1-3/h5-9H,1-4H3,(H,14,15);1H,(H2,2,3). The maximum Gasteiger partial charge on any atom is 0.204 e. The molecule has 2 aliphatic rings. The molecule has 3 N–H and O–H groups in total. The molecule has 0 radical (unpaired) electrons. The quantitative estimate of drug-likeness (QED) is 0.801. The maximum absolute atomic E-state index is 8.58. The molecule has 18 heavy (non-hydrogen) atoms. The SMILES string of the molecule is CC(C)c1nc2[nH]cccc-2c1C(C)C.NC=O. The maximum atomic E-state index is 8.58. The molecule has 0 aromatic carbocycles. The molecule has 0 spiro atoms. The smallest absolute Gasteiger partial charge is 0.204 e. The van der Waals surface area contributed by atoms with E-state index in [2.05, 4.69) is 49.5 Å². The monoisotopic (exact) mass is 247 g/mol. The van der Waals surface area contributed by atoms with Gasteiger partial charge in [-0.3, -0.25) is 4.79 Å². The summed E-state index contributed by atoms with van der Waals surface area (Å²) in [5, 5.41) is 0. The summed E-state index contributed by atoms with van der Waals surface area (Å²) in [7, 11) is 0. The minimum absolute atomic E-state index is 0.250. The molecular formula is C14H21N3O. The molecule has 0 aliphatic carbocycles. The Morgan fingerprint density at radius 2 is 1.89 bits per heavy atom. The lowest BCUT2D eigenvalue weighted by atomic mass is 9.94. The van der Waals surface area contributed by atoms with E-state index in [0.717, 1.165) is 5.82 Å². The van der Waals surface area contributed by atoms with Gasteiger partial charge in [0.15, 0.2) is 0 Å². The van der Waals surface area contributed by atoms with Gasteiger partial charge >= 0.3 is 0 Å². The van der Waals surface area contributed by atoms with Crippen LogP contribution in [0.3, 0.4) is 0 Å². The van der Waals surface area contributed by atoms with Gasteiger partial charge in [0, 0.05) is 17.5 Å². The largest absolute Gasteiger partial charge is 0.372 e. The van der Waals surface area contributed by atoms with Crippen molar-refractivity contribution in [3.05, 3.63) is 29.6 Å². The molecule has 0 bridgehead atoms. The van der Waals surface area contributed by atoms with Gasteiger partial charge in [-0.25, -0.2) is 4.98 Å². The summed E-state index contributed by atoms with van der Waals surface area (Å²) in [4.78, 5) is 16.5. The first-order valence-electron chi connectivity index (χ1n) is 6.15. The number of rotatable bonds is 2. The van der Waals surface area contributed by atoms with E-state index in [1.807, 2.05) is 12.3 Å². The number of amides is 1. The third-order valence-corrected chi connectivity index (χ3v) is 2.76. The second-order valence-electron chi connectivity index (χ2n) is 4.79. The van der Waals surface area contributed by atoms with Gasteiger partial charge < -0.3 is 10.7 Å². The highest BCUT2D eigenvalue weighted by molar-refractivity contribution is 5.65. The van der Waals surface area contributed by atoms with Crippen LogP contribution in [0.4, 0.5) is 0 Å². The van der Waals surface area contributed by atoms with E-state index in [9.17, 15) is 0 Å². The van der Waals surface area contributed by atoms with Crippen LogP contribution in [0.5, 0.6) is 0 Å². The molecule has 0 fully saturated rings. The summed E-state index contributed by atoms with van der Waals surface area (Å²) < 4.78 is 0. The molecule has 0 saturated carbocycles. The number of hydrogen-bond acceptors (Lipinski definition) is 2. The van der Waals surface area contributed by atoms with Gasteiger partial charge in [-0.1, -0.05) is 27.7 Å². The van der Waals surface area contributed by atoms with Crippen molar-refractivity contribution in [2.45, 2.75) is 39.5 Å². The van der Waals surface area contributed by atoms with Gasteiger partial charge in [-0.15, -0.1) is 0 Å². The summed E-state index contributed by atoms with van der Waals surface area (Å²) in [6, 6.07) is 4.19. The number of aromatic nitrogens is 2. The lowest BCUT2D eigenvalue weighted by Crippen LogP contribution is -1.96. The van der Waals surface area contributed by atoms with Crippen LogP contribution >= 0.6 is 0 Å². The zero-order valence-electron chi connectivity index (χ0n) is 11.4. The first-order chi connectivity index (χ1) is 8.52. The van der Waals surface area contributed by atoms with E-state index in [1.54, 1.807) is 0 Å². The second kappa shape index (κ2) is 6.19. The number of carbonyl (C=O) groups excluding carboxylic acids is 1. The number of nitrogens with one attached hydrogen (secondary N) is 1. The first-order valence-corrected chi connectivity index (χ1v) is 6.15. The van der Waals surface area contributed by atoms with Crippen molar-refractivity contribution in [3.8, 4) is 11.4 Å². The van der Waals surface area contributed by atoms with Crippen LogP contribution in [0.1, 0.15) is 50.8 Å². The summed E-state index contributed by atoms with van der Waals surface area (Å²) >= 11 is 0. The Balaban J connectivity index is 0.000000492. The third-order valence-electron chi connectivity index (χ3n) is 2.76. The topological polar surface area (TPSA) is 71.8 Å². The Bertz CT molecular complexity index is 474. The van der Waals surface area contributed by atoms with Gasteiger partial charge in [0.05, 0.1) is 0 Å². The van der Waals surface area contributed by atoms with E-state index in [0.29, 0.717) is 11.8 Å². The van der Waals surface area contributed by atoms with Crippen LogP contribution in [0.25, 0.3) is 11.4 Å². The number of nitrogens with zero attached hydrogens (tertiary/aromatic N) is 1. The fraction of sp³-hybridized carbons (Fsp3) is 0.429. The molecule has 0 unspecified atom stereocenters. The normalized spacial score (nSPS) is 10.6. The van der Waals surface area contributed by atoms with Crippen LogP contribution in [0, 0.1) is 0 Å². The molecule has 2 aliphatic heterocycles. The van der Waals surface area contributed by atoms with Crippen LogP contribution in [-0.4, -0.2) is 16.4 Å². The van der Waals surface area contributed by atoms with Gasteiger partial charge in [0.1, 0.15) is 5.82 Å². The molecular weight excluding hydrogens is 226 g/mol. The summed E-state index contributed by atoms with van der Waals surface area (Å²) in [5.74, 6) is 2.04. The van der Waals surface area contributed by atoms with E-state index >= 15 is 0 Å². The molecule has 2 rings (SSSR count). The van der Waals surface area contributed by atoms with Gasteiger partial charge in [-0.2, -0.15) is 0 Å². The number of H-pyrrole nitrogens is 1. The Kier molecular flexibility index (Phi) is 4.89. The average molecular weight is 247 g/mol. The van der Waals surface area contributed by atoms with Crippen molar-refractivity contribution < 1.29 is 4.79 Å². The molecule has 98 valence electrons. The Morgan fingerprint density at radius 3 is 2.39 bits per heavy atom. The Hall–Kier alpha value is -1.84. The highest BCUT2D eigenvalue weighted by Crippen LogP contribution is 2.35. The number of hydrogen-bond donors (Lipinski definition) is 2. The highest BCUT2D eigenvalue weighted by Gasteiger charge is 2.21. The van der Waals surface area contributed by atoms with E-state index in [4.69, 9.17) is 4.79 Å². The first kappa shape index (κ1) is 14.2. The van der Waals surface area contributed by atoms with Crippen LogP contribution in [0.15, 0.2) is 18.3 Å². The summed E-state index contributed by atoms with van der Waals surface area (Å²) in [6.45, 7) is 8.87. The fourth-order valence-corrected chi connectivity index (χ4v) is 2.10. The molecule has 0 aromatic heterocycles. The predicted molar refractivity (Wildman–Crippen MR) is 73.6 cm³/mol. The highest BCUT2D eigenvalue weighted by atomic mass is 16.1. The van der Waals surface area contributed by atoms with E-state index < -0.39 is 0 Å². The number of primary amides is 1. The number of nitrogens with two attached hydrogens (primary N) is 1. The molecule has 0 aromatic rings. The molecule has 4 nitrogen and oxygen atoms in total. The zero-order valence-corrected chi connectivity index (χ0v) is 11.4. The van der Waals surface area contributed by atoms with Crippen molar-refractivity contribution in [2.24, 2.45) is 5.73 Å². The minimum atomic E-state index is 0.250. The molecule has 4 heteroatoms. The van der Waals surface area contributed by atoms with Crippen LogP contribution in [0.2, 0.25) is 0 Å². The van der Waals surface area contributed by atoms with Crippen LogP contribution in [-0.2, 0) is 4.79 Å². The van der Waals surface area contributed by atoms with Crippen molar-refractivity contribution in [1.29, 1.82) is 0 Å². The molecule has 0 saturated heterocycles. The van der Waals surface area contributed by atoms with Crippen LogP contribution < -0.4 is 5.73 Å². The van der Waals surface area contributed by atoms with Crippen molar-refractivity contribution >= 4 is 6.41 Å². The number of aromatic amines is 1. The second-order valence-corrected chi connectivity index (χ2v) is 4.79. The van der Waals surface area contributed by atoms with Gasteiger partial charge in [0.25, 0.3) is 0 Å². The Morgan fingerprint density at radius 1 is 1.28 bits per heavy atom. The average Bonchev–Trinajstić information content (AvgIpc) is 2.69. The lowest BCUT2D eigenvalue weighted by Gasteiger charge is -2.10. The third kappa shape index (κ3) is 2.88. The lowest BCUT2D eigenvalue weighted by molar-refractivity contribution is -0.106. The van der Waals surface area contributed by atoms with Crippen molar-refractivity contribution in [3.63, 3.8) is 0 Å². The zero-order chi connectivity index (χ0) is 13.7. The predicted octanol–water partition coefficient (Wildman–Crippen LogP) is 2.86. The van der Waals surface area contributed by atoms with Gasteiger partial charge in [-0.05, 0) is 29.5 Å². The van der Waals surface area contributed by atoms with E-state index in [-0.39, 0.29) is 6.41 Å². The summed E-state index contributed by atoms with van der Waals surface area (Å²) in [6.07, 6.45) is 2.18. The summed E-state index contributed by atoms with van der Waals surface area (Å²) in [5.41, 5.74) is 8.08. The number of carbonyl (C=O) groups is 1. The molecule has 2 heterocycles. The molecule has 0 atom stereocenters.